The van der Waals surface area contributed by atoms with E-state index in [0.29, 0.717) is 6.42 Å². The highest BCUT2D eigenvalue weighted by Crippen LogP contribution is 2.35. The molecule has 0 aliphatic carbocycles. The topological polar surface area (TPSA) is 56.9 Å². The molecule has 0 saturated heterocycles. The van der Waals surface area contributed by atoms with Crippen molar-refractivity contribution in [2.24, 2.45) is 0 Å². The Hall–Kier alpha value is -3.37. The molecular weight excluding hydrogens is 358 g/mol. The molecule has 0 unspecified atom stereocenters. The number of hydrogen-bond donors (Lipinski definition) is 3. The Bertz CT molecular complexity index is 1160. The SMILES string of the molecule is CNC(=O)[C@H]1Cc2c([nH]c3ccccc23)[C@H](c2ccc(-c3ccccc3)cc2)N1. The van der Waals surface area contributed by atoms with Gasteiger partial charge in [0.2, 0.25) is 5.91 Å². The fourth-order valence-electron chi connectivity index (χ4n) is 4.34. The van der Waals surface area contributed by atoms with Crippen LogP contribution in [0, 0.1) is 0 Å². The molecule has 4 aromatic rings. The molecule has 0 radical (unpaired) electrons. The molecule has 0 spiro atoms. The molecule has 0 fully saturated rings. The first-order valence-corrected chi connectivity index (χ1v) is 9.97. The molecule has 2 heterocycles. The number of aromatic nitrogens is 1. The lowest BCUT2D eigenvalue weighted by Crippen LogP contribution is -2.49. The second kappa shape index (κ2) is 7.22. The summed E-state index contributed by atoms with van der Waals surface area (Å²) in [6, 6.07) is 27.0. The highest BCUT2D eigenvalue weighted by Gasteiger charge is 2.33. The maximum atomic E-state index is 12.5. The number of carbonyl (C=O) groups is 1. The molecule has 1 aliphatic rings. The Kier molecular flexibility index (Phi) is 4.41. The van der Waals surface area contributed by atoms with Gasteiger partial charge in [0.05, 0.1) is 12.1 Å². The first kappa shape index (κ1) is 17.7. The van der Waals surface area contributed by atoms with E-state index in [1.807, 2.05) is 12.1 Å². The van der Waals surface area contributed by atoms with E-state index in [9.17, 15) is 4.79 Å². The van der Waals surface area contributed by atoms with Crippen LogP contribution in [0.25, 0.3) is 22.0 Å². The molecular formula is C25H23N3O. The van der Waals surface area contributed by atoms with Crippen molar-refractivity contribution in [1.29, 1.82) is 0 Å². The maximum Gasteiger partial charge on any atom is 0.237 e. The van der Waals surface area contributed by atoms with Gasteiger partial charge in [0.1, 0.15) is 0 Å². The zero-order valence-corrected chi connectivity index (χ0v) is 16.3. The van der Waals surface area contributed by atoms with Gasteiger partial charge in [-0.05, 0) is 34.7 Å². The molecule has 0 saturated carbocycles. The summed E-state index contributed by atoms with van der Waals surface area (Å²) in [5, 5.41) is 7.55. The Labute approximate surface area is 170 Å². The van der Waals surface area contributed by atoms with Crippen LogP contribution in [-0.2, 0) is 11.2 Å². The van der Waals surface area contributed by atoms with E-state index in [2.05, 4.69) is 82.3 Å². The number of nitrogens with one attached hydrogen (secondary N) is 3. The minimum absolute atomic E-state index is 0.0202. The summed E-state index contributed by atoms with van der Waals surface area (Å²) in [5.41, 5.74) is 7.02. The molecule has 1 aromatic heterocycles. The van der Waals surface area contributed by atoms with Gasteiger partial charge in [-0.3, -0.25) is 10.1 Å². The van der Waals surface area contributed by atoms with Crippen LogP contribution < -0.4 is 10.6 Å². The lowest BCUT2D eigenvalue weighted by atomic mass is 9.89. The number of amides is 1. The lowest BCUT2D eigenvalue weighted by molar-refractivity contribution is -0.122. The van der Waals surface area contributed by atoms with Gasteiger partial charge in [0, 0.05) is 23.6 Å². The van der Waals surface area contributed by atoms with Crippen LogP contribution in [0.15, 0.2) is 78.9 Å². The molecule has 144 valence electrons. The van der Waals surface area contributed by atoms with E-state index in [1.54, 1.807) is 7.05 Å². The van der Waals surface area contributed by atoms with Crippen LogP contribution in [0.4, 0.5) is 0 Å². The van der Waals surface area contributed by atoms with Gasteiger partial charge in [-0.15, -0.1) is 0 Å². The van der Waals surface area contributed by atoms with Crippen molar-refractivity contribution in [3.63, 3.8) is 0 Å². The number of H-pyrrole nitrogens is 1. The Balaban J connectivity index is 1.57. The minimum Gasteiger partial charge on any atom is -0.358 e. The monoisotopic (exact) mass is 381 g/mol. The summed E-state index contributed by atoms with van der Waals surface area (Å²) in [5.74, 6) is 0.0202. The third kappa shape index (κ3) is 3.12. The average Bonchev–Trinajstić information content (AvgIpc) is 3.17. The van der Waals surface area contributed by atoms with Crippen molar-refractivity contribution < 1.29 is 4.79 Å². The van der Waals surface area contributed by atoms with Gasteiger partial charge in [0.15, 0.2) is 0 Å². The van der Waals surface area contributed by atoms with Crippen LogP contribution in [0.1, 0.15) is 22.9 Å². The Morgan fingerprint density at radius 1 is 0.897 bits per heavy atom. The third-order valence-corrected chi connectivity index (χ3v) is 5.83. The number of rotatable bonds is 3. The predicted octanol–water partition coefficient (Wildman–Crippen LogP) is 4.18. The van der Waals surface area contributed by atoms with Crippen LogP contribution in [0.2, 0.25) is 0 Å². The molecule has 4 nitrogen and oxygen atoms in total. The van der Waals surface area contributed by atoms with Crippen molar-refractivity contribution in [2.75, 3.05) is 7.05 Å². The minimum atomic E-state index is -0.259. The number of benzene rings is 3. The summed E-state index contributed by atoms with van der Waals surface area (Å²) in [6.07, 6.45) is 0.678. The maximum absolute atomic E-state index is 12.5. The van der Waals surface area contributed by atoms with Crippen molar-refractivity contribution in [1.82, 2.24) is 15.6 Å². The smallest absolute Gasteiger partial charge is 0.237 e. The zero-order valence-electron chi connectivity index (χ0n) is 16.3. The average molecular weight is 381 g/mol. The molecule has 2 atom stereocenters. The molecule has 1 amide bonds. The van der Waals surface area contributed by atoms with E-state index in [1.165, 1.54) is 22.1 Å². The molecule has 4 heteroatoms. The lowest BCUT2D eigenvalue weighted by Gasteiger charge is -2.31. The second-order valence-corrected chi connectivity index (χ2v) is 7.52. The van der Waals surface area contributed by atoms with Crippen LogP contribution in [-0.4, -0.2) is 24.0 Å². The van der Waals surface area contributed by atoms with Crippen molar-refractivity contribution >= 4 is 16.8 Å². The fourth-order valence-corrected chi connectivity index (χ4v) is 4.34. The highest BCUT2D eigenvalue weighted by molar-refractivity contribution is 5.88. The predicted molar refractivity (Wildman–Crippen MR) is 117 cm³/mol. The van der Waals surface area contributed by atoms with E-state index < -0.39 is 0 Å². The molecule has 29 heavy (non-hydrogen) atoms. The van der Waals surface area contributed by atoms with Gasteiger partial charge in [-0.25, -0.2) is 0 Å². The highest BCUT2D eigenvalue weighted by atomic mass is 16.2. The molecule has 5 rings (SSSR count). The standard InChI is InChI=1S/C25H23N3O/c1-26-25(29)22-15-20-19-9-5-6-10-21(19)27-24(20)23(28-22)18-13-11-17(12-14-18)16-7-3-2-4-8-16/h2-14,22-23,27-28H,15H2,1H3,(H,26,29)/t22-,23+/m1/s1. The zero-order chi connectivity index (χ0) is 19.8. The van der Waals surface area contributed by atoms with Crippen molar-refractivity contribution in [3.8, 4) is 11.1 Å². The van der Waals surface area contributed by atoms with E-state index in [-0.39, 0.29) is 18.0 Å². The number of aromatic amines is 1. The molecule has 1 aliphatic heterocycles. The van der Waals surface area contributed by atoms with Gasteiger partial charge in [-0.1, -0.05) is 72.8 Å². The summed E-state index contributed by atoms with van der Waals surface area (Å²) in [7, 11) is 1.69. The third-order valence-electron chi connectivity index (χ3n) is 5.83. The summed E-state index contributed by atoms with van der Waals surface area (Å²) in [6.45, 7) is 0. The van der Waals surface area contributed by atoms with Crippen molar-refractivity contribution in [2.45, 2.75) is 18.5 Å². The van der Waals surface area contributed by atoms with Gasteiger partial charge in [0.25, 0.3) is 0 Å². The number of para-hydroxylation sites is 1. The van der Waals surface area contributed by atoms with E-state index >= 15 is 0 Å². The van der Waals surface area contributed by atoms with Gasteiger partial charge in [-0.2, -0.15) is 0 Å². The van der Waals surface area contributed by atoms with Gasteiger partial charge >= 0.3 is 0 Å². The van der Waals surface area contributed by atoms with Crippen LogP contribution >= 0.6 is 0 Å². The fraction of sp³-hybridized carbons (Fsp3) is 0.160. The van der Waals surface area contributed by atoms with Crippen LogP contribution in [0.3, 0.4) is 0 Å². The van der Waals surface area contributed by atoms with Crippen LogP contribution in [0.5, 0.6) is 0 Å². The Morgan fingerprint density at radius 2 is 1.59 bits per heavy atom. The molecule has 0 bridgehead atoms. The first-order valence-electron chi connectivity index (χ1n) is 9.97. The summed E-state index contributed by atoms with van der Waals surface area (Å²) < 4.78 is 0. The largest absolute Gasteiger partial charge is 0.358 e. The Morgan fingerprint density at radius 3 is 2.34 bits per heavy atom. The van der Waals surface area contributed by atoms with Crippen molar-refractivity contribution in [3.05, 3.63) is 95.7 Å². The molecule has 3 aromatic carbocycles. The quantitative estimate of drug-likeness (QED) is 0.499. The number of likely N-dealkylation sites (N-methyl/N-ethyl adjacent to an activating group) is 1. The number of carbonyl (C=O) groups excluding carboxylic acids is 1. The summed E-state index contributed by atoms with van der Waals surface area (Å²) in [4.78, 5) is 16.1. The number of hydrogen-bond acceptors (Lipinski definition) is 2. The normalized spacial score (nSPS) is 18.4. The van der Waals surface area contributed by atoms with Gasteiger partial charge < -0.3 is 10.3 Å². The first-order chi connectivity index (χ1) is 14.2. The van der Waals surface area contributed by atoms with E-state index in [0.717, 1.165) is 16.8 Å². The summed E-state index contributed by atoms with van der Waals surface area (Å²) >= 11 is 0. The van der Waals surface area contributed by atoms with E-state index in [4.69, 9.17) is 0 Å². The molecule has 3 N–H and O–H groups in total. The second-order valence-electron chi connectivity index (χ2n) is 7.52. The number of fused-ring (bicyclic) bond motifs is 3.